The fraction of sp³-hybridized carbons (Fsp3) is 0. The minimum atomic E-state index is 0.788. The number of nitrogens with zero attached hydrogens (tertiary/aromatic N) is 2. The van der Waals surface area contributed by atoms with Crippen molar-refractivity contribution >= 4 is 32.5 Å². The number of hydrogen-bond donors (Lipinski definition) is 0. The van der Waals surface area contributed by atoms with Gasteiger partial charge in [0, 0.05) is 17.1 Å². The molecule has 2 aromatic carbocycles. The highest BCUT2D eigenvalue weighted by Gasteiger charge is 2.13. The maximum absolute atomic E-state index is 6.02. The van der Waals surface area contributed by atoms with Gasteiger partial charge in [0.25, 0.3) is 0 Å². The zero-order valence-electron chi connectivity index (χ0n) is 12.6. The average Bonchev–Trinajstić information content (AvgIpc) is 3.27. The van der Waals surface area contributed by atoms with Gasteiger partial charge in [0.1, 0.15) is 11.3 Å². The Morgan fingerprint density at radius 3 is 2.79 bits per heavy atom. The van der Waals surface area contributed by atoms with Crippen LogP contribution < -0.4 is 0 Å². The van der Waals surface area contributed by atoms with E-state index in [0.717, 1.165) is 39.1 Å². The molecule has 0 radical (unpaired) electrons. The number of fused-ring (bicyclic) bond motifs is 2. The summed E-state index contributed by atoms with van der Waals surface area (Å²) >= 11 is 1.65. The molecular weight excluding hydrogens is 316 g/mol. The Morgan fingerprint density at radius 2 is 1.83 bits per heavy atom. The van der Waals surface area contributed by atoms with Crippen LogP contribution in [0.2, 0.25) is 0 Å². The number of furan rings is 1. The molecule has 0 bridgehead atoms. The van der Waals surface area contributed by atoms with Crippen molar-refractivity contribution in [3.8, 4) is 22.6 Å². The Hall–Kier alpha value is -2.98. The molecule has 4 heteroatoms. The van der Waals surface area contributed by atoms with Crippen molar-refractivity contribution in [3.05, 3.63) is 72.4 Å². The van der Waals surface area contributed by atoms with Gasteiger partial charge in [-0.25, -0.2) is 4.98 Å². The largest absolute Gasteiger partial charge is 0.454 e. The fourth-order valence-corrected chi connectivity index (χ4v) is 3.67. The van der Waals surface area contributed by atoms with Gasteiger partial charge < -0.3 is 4.42 Å². The summed E-state index contributed by atoms with van der Waals surface area (Å²) in [5.74, 6) is 0.788. The van der Waals surface area contributed by atoms with Gasteiger partial charge >= 0.3 is 0 Å². The maximum atomic E-state index is 6.02. The second-order valence-corrected chi connectivity index (χ2v) is 6.47. The van der Waals surface area contributed by atoms with E-state index in [-0.39, 0.29) is 0 Å². The summed E-state index contributed by atoms with van der Waals surface area (Å²) in [6, 6.07) is 20.4. The van der Waals surface area contributed by atoms with Crippen LogP contribution in [-0.2, 0) is 0 Å². The highest BCUT2D eigenvalue weighted by Crippen LogP contribution is 2.35. The summed E-state index contributed by atoms with van der Waals surface area (Å²) in [7, 11) is 0. The molecule has 5 aromatic rings. The third-order valence-electron chi connectivity index (χ3n) is 4.11. The molecule has 0 saturated heterocycles. The number of benzene rings is 2. The van der Waals surface area contributed by atoms with Gasteiger partial charge in [0.2, 0.25) is 0 Å². The number of para-hydroxylation sites is 1. The molecular formula is C20H12N2OS. The standard InChI is InChI=1S/C20H12N2OS/c1-2-6-17-14(4-1)10-18(23-17)20-15(5-3-9-21-20)13-7-8-16-19(11-13)24-12-22-16/h1-12H. The number of pyridine rings is 1. The first-order valence-electron chi connectivity index (χ1n) is 7.66. The van der Waals surface area contributed by atoms with Crippen LogP contribution in [0.5, 0.6) is 0 Å². The van der Waals surface area contributed by atoms with Gasteiger partial charge in [-0.2, -0.15) is 0 Å². The van der Waals surface area contributed by atoms with Gasteiger partial charge in [-0.15, -0.1) is 11.3 Å². The molecule has 0 spiro atoms. The molecule has 0 atom stereocenters. The molecule has 0 aliphatic carbocycles. The highest BCUT2D eigenvalue weighted by atomic mass is 32.1. The Kier molecular flexibility index (Phi) is 2.96. The monoisotopic (exact) mass is 328 g/mol. The molecule has 0 unspecified atom stereocenters. The highest BCUT2D eigenvalue weighted by molar-refractivity contribution is 7.16. The Bertz CT molecular complexity index is 1120. The zero-order valence-corrected chi connectivity index (χ0v) is 13.5. The van der Waals surface area contributed by atoms with E-state index < -0.39 is 0 Å². The SMILES string of the molecule is c1cnc(-c2cc3ccccc3o2)c(-c2ccc3ncsc3c2)c1. The molecule has 0 amide bonds. The summed E-state index contributed by atoms with van der Waals surface area (Å²) < 4.78 is 7.19. The topological polar surface area (TPSA) is 38.9 Å². The summed E-state index contributed by atoms with van der Waals surface area (Å²) in [5, 5.41) is 1.09. The normalized spacial score (nSPS) is 11.3. The fourth-order valence-electron chi connectivity index (χ4n) is 2.96. The van der Waals surface area contributed by atoms with Gasteiger partial charge in [-0.05, 0) is 35.9 Å². The van der Waals surface area contributed by atoms with Crippen LogP contribution in [0.4, 0.5) is 0 Å². The minimum absolute atomic E-state index is 0.788. The molecule has 0 N–H and O–H groups in total. The number of thiazole rings is 1. The summed E-state index contributed by atoms with van der Waals surface area (Å²) in [6.07, 6.45) is 1.80. The Balaban J connectivity index is 1.72. The summed E-state index contributed by atoms with van der Waals surface area (Å²) in [6.45, 7) is 0. The molecule has 0 aliphatic heterocycles. The van der Waals surface area contributed by atoms with Crippen molar-refractivity contribution in [2.45, 2.75) is 0 Å². The first-order chi connectivity index (χ1) is 11.9. The first-order valence-corrected chi connectivity index (χ1v) is 8.54. The van der Waals surface area contributed by atoms with Crippen LogP contribution in [0.3, 0.4) is 0 Å². The zero-order chi connectivity index (χ0) is 15.9. The lowest BCUT2D eigenvalue weighted by molar-refractivity contribution is 0.629. The molecule has 3 heterocycles. The molecule has 24 heavy (non-hydrogen) atoms. The van der Waals surface area contributed by atoms with Crippen molar-refractivity contribution in [1.29, 1.82) is 0 Å². The van der Waals surface area contributed by atoms with Crippen LogP contribution in [-0.4, -0.2) is 9.97 Å². The van der Waals surface area contributed by atoms with Crippen LogP contribution in [0, 0.1) is 0 Å². The Morgan fingerprint density at radius 1 is 0.875 bits per heavy atom. The molecule has 114 valence electrons. The quantitative estimate of drug-likeness (QED) is 0.413. The lowest BCUT2D eigenvalue weighted by Gasteiger charge is -2.06. The average molecular weight is 328 g/mol. The molecule has 0 aliphatic rings. The molecule has 5 rings (SSSR count). The van der Waals surface area contributed by atoms with E-state index in [1.807, 2.05) is 41.9 Å². The van der Waals surface area contributed by atoms with Gasteiger partial charge in [-0.1, -0.05) is 30.3 Å². The second kappa shape index (κ2) is 5.28. The molecule has 0 saturated carbocycles. The van der Waals surface area contributed by atoms with E-state index in [9.17, 15) is 0 Å². The third-order valence-corrected chi connectivity index (χ3v) is 4.90. The van der Waals surface area contributed by atoms with Gasteiger partial charge in [0.05, 0.1) is 15.7 Å². The smallest absolute Gasteiger partial charge is 0.154 e. The molecule has 0 fully saturated rings. The van der Waals surface area contributed by atoms with Crippen molar-refractivity contribution in [1.82, 2.24) is 9.97 Å². The number of hydrogen-bond acceptors (Lipinski definition) is 4. The van der Waals surface area contributed by atoms with E-state index in [1.54, 1.807) is 17.5 Å². The first kappa shape index (κ1) is 13.5. The van der Waals surface area contributed by atoms with E-state index in [4.69, 9.17) is 4.42 Å². The van der Waals surface area contributed by atoms with Crippen molar-refractivity contribution in [2.24, 2.45) is 0 Å². The molecule has 3 aromatic heterocycles. The van der Waals surface area contributed by atoms with Crippen LogP contribution in [0.15, 0.2) is 76.8 Å². The van der Waals surface area contributed by atoms with Crippen LogP contribution in [0.1, 0.15) is 0 Å². The number of aromatic nitrogens is 2. The number of rotatable bonds is 2. The van der Waals surface area contributed by atoms with E-state index in [0.29, 0.717) is 0 Å². The summed E-state index contributed by atoms with van der Waals surface area (Å²) in [4.78, 5) is 8.93. The third kappa shape index (κ3) is 2.12. The predicted molar refractivity (Wildman–Crippen MR) is 98.1 cm³/mol. The summed E-state index contributed by atoms with van der Waals surface area (Å²) in [5.41, 5.74) is 6.82. The predicted octanol–water partition coefficient (Wildman–Crippen LogP) is 5.77. The van der Waals surface area contributed by atoms with Gasteiger partial charge in [0.15, 0.2) is 5.76 Å². The van der Waals surface area contributed by atoms with Crippen LogP contribution >= 0.6 is 11.3 Å². The second-order valence-electron chi connectivity index (χ2n) is 5.58. The van der Waals surface area contributed by atoms with E-state index >= 15 is 0 Å². The lowest BCUT2D eigenvalue weighted by atomic mass is 10.0. The Labute approximate surface area is 142 Å². The van der Waals surface area contributed by atoms with Crippen molar-refractivity contribution in [2.75, 3.05) is 0 Å². The van der Waals surface area contributed by atoms with E-state index in [2.05, 4.69) is 34.2 Å². The van der Waals surface area contributed by atoms with Gasteiger partial charge in [-0.3, -0.25) is 4.98 Å². The minimum Gasteiger partial charge on any atom is -0.454 e. The molecule has 3 nitrogen and oxygen atoms in total. The van der Waals surface area contributed by atoms with Crippen molar-refractivity contribution < 1.29 is 4.42 Å². The van der Waals surface area contributed by atoms with Crippen LogP contribution in [0.25, 0.3) is 43.8 Å². The maximum Gasteiger partial charge on any atom is 0.154 e. The lowest BCUT2D eigenvalue weighted by Crippen LogP contribution is -1.87. The van der Waals surface area contributed by atoms with Crippen molar-refractivity contribution in [3.63, 3.8) is 0 Å². The van der Waals surface area contributed by atoms with E-state index in [1.165, 1.54) is 4.70 Å².